The van der Waals surface area contributed by atoms with Crippen molar-refractivity contribution in [1.29, 1.82) is 0 Å². The first-order valence-electron chi connectivity index (χ1n) is 6.36. The van der Waals surface area contributed by atoms with E-state index in [1.165, 1.54) is 32.2 Å². The summed E-state index contributed by atoms with van der Waals surface area (Å²) >= 11 is 0. The first-order chi connectivity index (χ1) is 9.64. The van der Waals surface area contributed by atoms with Crippen molar-refractivity contribution in [2.75, 3.05) is 7.11 Å². The summed E-state index contributed by atoms with van der Waals surface area (Å²) in [4.78, 5) is 22.1. The molecule has 0 aliphatic heterocycles. The van der Waals surface area contributed by atoms with Crippen molar-refractivity contribution in [1.82, 2.24) is 0 Å². The van der Waals surface area contributed by atoms with Crippen molar-refractivity contribution < 1.29 is 23.9 Å². The van der Waals surface area contributed by atoms with Crippen molar-refractivity contribution >= 4 is 11.7 Å². The van der Waals surface area contributed by atoms with Gasteiger partial charge in [0, 0.05) is 0 Å². The molecule has 0 aliphatic carbocycles. The van der Waals surface area contributed by atoms with Crippen molar-refractivity contribution in [3.8, 4) is 11.5 Å². The molecule has 0 saturated heterocycles. The number of nitro benzene ring substituents is 1. The normalized spacial score (nSPS) is 12.4. The van der Waals surface area contributed by atoms with Gasteiger partial charge in [-0.2, -0.15) is 0 Å². The molecule has 0 spiro atoms. The number of ether oxygens (including phenoxy) is 3. The Hall–Kier alpha value is -2.31. The highest BCUT2D eigenvalue weighted by atomic mass is 16.6. The summed E-state index contributed by atoms with van der Waals surface area (Å²) in [6, 6.07) is 4.11. The van der Waals surface area contributed by atoms with Gasteiger partial charge in [0.15, 0.2) is 11.9 Å². The Kier molecular flexibility index (Phi) is 5.12. The molecule has 1 atom stereocenters. The monoisotopic (exact) mass is 297 g/mol. The van der Waals surface area contributed by atoms with E-state index in [4.69, 9.17) is 14.2 Å². The molecule has 7 heteroatoms. The van der Waals surface area contributed by atoms with Crippen molar-refractivity contribution in [2.24, 2.45) is 0 Å². The Balaban J connectivity index is 2.86. The van der Waals surface area contributed by atoms with E-state index in [-0.39, 0.29) is 17.2 Å². The fourth-order valence-corrected chi connectivity index (χ4v) is 1.52. The van der Waals surface area contributed by atoms with Crippen LogP contribution in [-0.4, -0.2) is 29.7 Å². The van der Waals surface area contributed by atoms with Crippen LogP contribution in [0.5, 0.6) is 11.5 Å². The second kappa shape index (κ2) is 6.43. The summed E-state index contributed by atoms with van der Waals surface area (Å²) in [6.45, 7) is 6.76. The molecule has 0 radical (unpaired) electrons. The highest BCUT2D eigenvalue weighted by Crippen LogP contribution is 2.31. The number of carbonyl (C=O) groups excluding carboxylic acids is 1. The van der Waals surface area contributed by atoms with Crippen LogP contribution in [0.3, 0.4) is 0 Å². The van der Waals surface area contributed by atoms with E-state index in [1.54, 1.807) is 20.8 Å². The zero-order valence-corrected chi connectivity index (χ0v) is 12.7. The average molecular weight is 297 g/mol. The van der Waals surface area contributed by atoms with Gasteiger partial charge in [0.2, 0.25) is 0 Å². The van der Waals surface area contributed by atoms with Gasteiger partial charge < -0.3 is 14.2 Å². The minimum absolute atomic E-state index is 0.122. The van der Waals surface area contributed by atoms with Crippen LogP contribution in [-0.2, 0) is 9.53 Å². The molecule has 7 nitrogen and oxygen atoms in total. The maximum absolute atomic E-state index is 11.8. The second-order valence-electron chi connectivity index (χ2n) is 5.38. The number of methoxy groups -OCH3 is 1. The van der Waals surface area contributed by atoms with E-state index >= 15 is 0 Å². The van der Waals surface area contributed by atoms with Gasteiger partial charge in [-0.1, -0.05) is 0 Å². The number of nitrogens with zero attached hydrogens (tertiary/aromatic N) is 1. The molecule has 1 aromatic rings. The van der Waals surface area contributed by atoms with Crippen LogP contribution in [0.2, 0.25) is 0 Å². The van der Waals surface area contributed by atoms with Crippen LogP contribution in [0.4, 0.5) is 5.69 Å². The first-order valence-corrected chi connectivity index (χ1v) is 6.36. The highest BCUT2D eigenvalue weighted by molar-refractivity contribution is 5.75. The molecule has 116 valence electrons. The summed E-state index contributed by atoms with van der Waals surface area (Å²) in [5, 5.41) is 10.9. The average Bonchev–Trinajstić information content (AvgIpc) is 2.36. The SMILES string of the molecule is COc1ccc(OC(C)C(=O)OC(C)(C)C)cc1[N+](=O)[O-]. The lowest BCUT2D eigenvalue weighted by molar-refractivity contribution is -0.385. The fraction of sp³-hybridized carbons (Fsp3) is 0.500. The molecular formula is C14H19NO6. The summed E-state index contributed by atoms with van der Waals surface area (Å²) < 4.78 is 15.4. The van der Waals surface area contributed by atoms with E-state index in [2.05, 4.69) is 0 Å². The molecule has 21 heavy (non-hydrogen) atoms. The first kappa shape index (κ1) is 16.7. The van der Waals surface area contributed by atoms with E-state index in [9.17, 15) is 14.9 Å². The maximum Gasteiger partial charge on any atom is 0.347 e. The summed E-state index contributed by atoms with van der Waals surface area (Å²) in [6.07, 6.45) is -0.878. The van der Waals surface area contributed by atoms with Crippen molar-refractivity contribution in [3.63, 3.8) is 0 Å². The van der Waals surface area contributed by atoms with E-state index in [1.807, 2.05) is 0 Å². The van der Waals surface area contributed by atoms with Crippen molar-refractivity contribution in [2.45, 2.75) is 39.4 Å². The van der Waals surface area contributed by atoms with Crippen LogP contribution < -0.4 is 9.47 Å². The number of rotatable bonds is 5. The van der Waals surface area contributed by atoms with Crippen LogP contribution >= 0.6 is 0 Å². The largest absolute Gasteiger partial charge is 0.490 e. The molecule has 0 amide bonds. The molecule has 0 fully saturated rings. The Morgan fingerprint density at radius 3 is 2.43 bits per heavy atom. The van der Waals surface area contributed by atoms with Gasteiger partial charge in [-0.25, -0.2) is 4.79 Å². The topological polar surface area (TPSA) is 87.9 Å². The lowest BCUT2D eigenvalue weighted by atomic mass is 10.2. The van der Waals surface area contributed by atoms with Crippen LogP contribution in [0, 0.1) is 10.1 Å². The standard InChI is InChI=1S/C14H19NO6/c1-9(13(16)21-14(2,3)4)20-10-6-7-12(19-5)11(8-10)15(17)18/h6-9H,1-5H3. The molecular weight excluding hydrogens is 278 g/mol. The fourth-order valence-electron chi connectivity index (χ4n) is 1.52. The zero-order chi connectivity index (χ0) is 16.2. The number of hydrogen-bond acceptors (Lipinski definition) is 6. The van der Waals surface area contributed by atoms with E-state index < -0.39 is 22.6 Å². The van der Waals surface area contributed by atoms with Gasteiger partial charge in [-0.15, -0.1) is 0 Å². The number of nitro groups is 1. The Morgan fingerprint density at radius 2 is 1.95 bits per heavy atom. The number of esters is 1. The predicted molar refractivity (Wildman–Crippen MR) is 75.6 cm³/mol. The molecule has 1 unspecified atom stereocenters. The van der Waals surface area contributed by atoms with Gasteiger partial charge >= 0.3 is 11.7 Å². The van der Waals surface area contributed by atoms with E-state index in [0.29, 0.717) is 0 Å². The third-order valence-corrected chi connectivity index (χ3v) is 2.40. The smallest absolute Gasteiger partial charge is 0.347 e. The lowest BCUT2D eigenvalue weighted by Gasteiger charge is -2.22. The van der Waals surface area contributed by atoms with Gasteiger partial charge in [0.05, 0.1) is 18.1 Å². The molecule has 0 aliphatic rings. The molecule has 0 aromatic heterocycles. The molecule has 0 N–H and O–H groups in total. The molecule has 1 aromatic carbocycles. The van der Waals surface area contributed by atoms with Crippen molar-refractivity contribution in [3.05, 3.63) is 28.3 Å². The van der Waals surface area contributed by atoms with Crippen LogP contribution in [0.15, 0.2) is 18.2 Å². The van der Waals surface area contributed by atoms with Gasteiger partial charge in [-0.3, -0.25) is 10.1 Å². The quantitative estimate of drug-likeness (QED) is 0.471. The molecule has 0 heterocycles. The van der Waals surface area contributed by atoms with E-state index in [0.717, 1.165) is 0 Å². The van der Waals surface area contributed by atoms with Gasteiger partial charge in [-0.05, 0) is 39.8 Å². The lowest BCUT2D eigenvalue weighted by Crippen LogP contribution is -2.33. The highest BCUT2D eigenvalue weighted by Gasteiger charge is 2.24. The second-order valence-corrected chi connectivity index (χ2v) is 5.38. The van der Waals surface area contributed by atoms with Crippen LogP contribution in [0.1, 0.15) is 27.7 Å². The number of hydrogen-bond donors (Lipinski definition) is 0. The predicted octanol–water partition coefficient (Wildman–Crippen LogP) is 2.71. The third kappa shape index (κ3) is 4.94. The Bertz CT molecular complexity index is 535. The summed E-state index contributed by atoms with van der Waals surface area (Å²) in [7, 11) is 1.34. The number of benzene rings is 1. The van der Waals surface area contributed by atoms with Gasteiger partial charge in [0.25, 0.3) is 0 Å². The Morgan fingerprint density at radius 1 is 1.33 bits per heavy atom. The van der Waals surface area contributed by atoms with Gasteiger partial charge in [0.1, 0.15) is 11.4 Å². The molecule has 0 bridgehead atoms. The minimum atomic E-state index is -0.878. The summed E-state index contributed by atoms with van der Waals surface area (Å²) in [5.41, 5.74) is -0.855. The maximum atomic E-state index is 11.8. The Labute approximate surface area is 123 Å². The number of carbonyl (C=O) groups is 1. The van der Waals surface area contributed by atoms with Crippen LogP contribution in [0.25, 0.3) is 0 Å². The molecule has 1 rings (SSSR count). The molecule has 0 saturated carbocycles. The summed E-state index contributed by atoms with van der Waals surface area (Å²) in [5.74, 6) is -0.223. The zero-order valence-electron chi connectivity index (χ0n) is 12.7. The minimum Gasteiger partial charge on any atom is -0.490 e. The third-order valence-electron chi connectivity index (χ3n) is 2.40.